The Morgan fingerprint density at radius 1 is 1.56 bits per heavy atom. The molecule has 0 bridgehead atoms. The van der Waals surface area contributed by atoms with Crippen molar-refractivity contribution in [2.75, 3.05) is 26.7 Å². The summed E-state index contributed by atoms with van der Waals surface area (Å²) in [4.78, 5) is 2.23. The number of ether oxygens (including phenoxy) is 1. The number of nitrogens with one attached hydrogen (secondary N) is 1. The van der Waals surface area contributed by atoms with Crippen LogP contribution in [0.3, 0.4) is 0 Å². The van der Waals surface area contributed by atoms with Crippen LogP contribution in [0, 0.1) is 5.92 Å². The van der Waals surface area contributed by atoms with Gasteiger partial charge in [0, 0.05) is 26.7 Å². The van der Waals surface area contributed by atoms with Crippen LogP contribution in [0.25, 0.3) is 0 Å². The van der Waals surface area contributed by atoms with E-state index in [0.29, 0.717) is 5.92 Å². The maximum Gasteiger partial charge on any atom is 0.169 e. The highest BCUT2D eigenvalue weighted by Crippen LogP contribution is 2.23. The Morgan fingerprint density at radius 3 is 2.81 bits per heavy atom. The van der Waals surface area contributed by atoms with Gasteiger partial charge in [0.15, 0.2) is 5.11 Å². The van der Waals surface area contributed by atoms with Gasteiger partial charge in [0.1, 0.15) is 0 Å². The van der Waals surface area contributed by atoms with Gasteiger partial charge in [-0.2, -0.15) is 0 Å². The first kappa shape index (κ1) is 13.7. The first-order valence-electron chi connectivity index (χ1n) is 6.05. The lowest BCUT2D eigenvalue weighted by molar-refractivity contribution is -0.0350. The number of nitrogens with zero attached hydrogens (tertiary/aromatic N) is 1. The molecule has 1 unspecified atom stereocenters. The minimum atomic E-state index is -0.0399. The number of likely N-dealkylation sites (tertiary alicyclic amines) is 1. The largest absolute Gasteiger partial charge is 0.377 e. The Bertz CT molecular complexity index is 245. The van der Waals surface area contributed by atoms with Crippen LogP contribution in [0.2, 0.25) is 0 Å². The molecule has 0 saturated carbocycles. The number of methoxy groups -OCH3 is 1. The van der Waals surface area contributed by atoms with Gasteiger partial charge >= 0.3 is 0 Å². The van der Waals surface area contributed by atoms with Gasteiger partial charge < -0.3 is 15.0 Å². The van der Waals surface area contributed by atoms with Crippen molar-refractivity contribution in [3.8, 4) is 0 Å². The summed E-state index contributed by atoms with van der Waals surface area (Å²) >= 11 is 5.40. The van der Waals surface area contributed by atoms with Crippen LogP contribution in [-0.2, 0) is 4.74 Å². The van der Waals surface area contributed by atoms with Crippen molar-refractivity contribution in [3.05, 3.63) is 0 Å². The lowest BCUT2D eigenvalue weighted by Crippen LogP contribution is -2.52. The first-order chi connectivity index (χ1) is 7.47. The van der Waals surface area contributed by atoms with Gasteiger partial charge in [0.2, 0.25) is 0 Å². The molecule has 1 N–H and O–H groups in total. The number of hydrogen-bond acceptors (Lipinski definition) is 2. The minimum absolute atomic E-state index is 0.0399. The van der Waals surface area contributed by atoms with Crippen molar-refractivity contribution >= 4 is 17.3 Å². The average molecular weight is 244 g/mol. The zero-order valence-electron chi connectivity index (χ0n) is 10.9. The molecule has 1 fully saturated rings. The van der Waals surface area contributed by atoms with Gasteiger partial charge in [0.25, 0.3) is 0 Å². The van der Waals surface area contributed by atoms with E-state index in [4.69, 9.17) is 17.0 Å². The molecule has 0 aliphatic carbocycles. The van der Waals surface area contributed by atoms with E-state index in [0.717, 1.165) is 37.6 Å². The van der Waals surface area contributed by atoms with Crippen molar-refractivity contribution < 1.29 is 4.74 Å². The minimum Gasteiger partial charge on any atom is -0.377 e. The van der Waals surface area contributed by atoms with Gasteiger partial charge in [-0.1, -0.05) is 13.8 Å². The summed E-state index contributed by atoms with van der Waals surface area (Å²) in [6.07, 6.45) is 2.26. The normalized spacial score (nSPS) is 25.9. The molecule has 3 nitrogen and oxygen atoms in total. The number of rotatable bonds is 3. The zero-order chi connectivity index (χ0) is 12.2. The Hall–Kier alpha value is -0.350. The maximum absolute atomic E-state index is 5.56. The van der Waals surface area contributed by atoms with Crippen LogP contribution >= 0.6 is 12.2 Å². The molecule has 0 spiro atoms. The van der Waals surface area contributed by atoms with Crippen LogP contribution in [0.4, 0.5) is 0 Å². The first-order valence-corrected chi connectivity index (χ1v) is 6.45. The molecule has 16 heavy (non-hydrogen) atoms. The van der Waals surface area contributed by atoms with E-state index in [1.165, 1.54) is 0 Å². The molecule has 0 amide bonds. The second kappa shape index (κ2) is 5.82. The topological polar surface area (TPSA) is 24.5 Å². The highest BCUT2D eigenvalue weighted by Gasteiger charge is 2.31. The monoisotopic (exact) mass is 244 g/mol. The third-order valence-electron chi connectivity index (χ3n) is 3.10. The van der Waals surface area contributed by atoms with Gasteiger partial charge in [-0.25, -0.2) is 0 Å². The molecule has 0 aromatic heterocycles. The average Bonchev–Trinajstić information content (AvgIpc) is 2.26. The van der Waals surface area contributed by atoms with Crippen molar-refractivity contribution in [1.29, 1.82) is 0 Å². The molecule has 0 radical (unpaired) electrons. The van der Waals surface area contributed by atoms with Crippen LogP contribution < -0.4 is 5.32 Å². The molecular weight excluding hydrogens is 220 g/mol. The van der Waals surface area contributed by atoms with Crippen molar-refractivity contribution in [1.82, 2.24) is 10.2 Å². The lowest BCUT2D eigenvalue weighted by Gasteiger charge is -2.40. The quantitative estimate of drug-likeness (QED) is 0.768. The summed E-state index contributed by atoms with van der Waals surface area (Å²) < 4.78 is 5.56. The molecule has 1 aliphatic heterocycles. The SMILES string of the molecule is COC1(C)CCCN(C(=S)NCC(C)C)C1. The molecule has 0 aromatic carbocycles. The summed E-state index contributed by atoms with van der Waals surface area (Å²) in [6, 6.07) is 0. The van der Waals surface area contributed by atoms with Crippen LogP contribution in [-0.4, -0.2) is 42.4 Å². The molecular formula is C12H24N2OS. The molecule has 94 valence electrons. The molecule has 1 heterocycles. The molecule has 1 rings (SSSR count). The van der Waals surface area contributed by atoms with E-state index in [2.05, 4.69) is 31.0 Å². The van der Waals surface area contributed by atoms with Crippen LogP contribution in [0.15, 0.2) is 0 Å². The predicted molar refractivity (Wildman–Crippen MR) is 71.7 cm³/mol. The second-order valence-corrected chi connectivity index (χ2v) is 5.65. The van der Waals surface area contributed by atoms with Crippen molar-refractivity contribution in [3.63, 3.8) is 0 Å². The van der Waals surface area contributed by atoms with E-state index >= 15 is 0 Å². The number of thiocarbonyl (C=S) groups is 1. The van der Waals surface area contributed by atoms with E-state index in [-0.39, 0.29) is 5.60 Å². The highest BCUT2D eigenvalue weighted by atomic mass is 32.1. The van der Waals surface area contributed by atoms with Crippen molar-refractivity contribution in [2.24, 2.45) is 5.92 Å². The fraction of sp³-hybridized carbons (Fsp3) is 0.917. The van der Waals surface area contributed by atoms with Crippen LogP contribution in [0.1, 0.15) is 33.6 Å². The number of piperidine rings is 1. The highest BCUT2D eigenvalue weighted by molar-refractivity contribution is 7.80. The summed E-state index contributed by atoms with van der Waals surface area (Å²) in [5.41, 5.74) is -0.0399. The predicted octanol–water partition coefficient (Wildman–Crippen LogP) is 2.02. The van der Waals surface area contributed by atoms with E-state index in [9.17, 15) is 0 Å². The second-order valence-electron chi connectivity index (χ2n) is 5.26. The Balaban J connectivity index is 2.44. The third-order valence-corrected chi connectivity index (χ3v) is 3.50. The summed E-state index contributed by atoms with van der Waals surface area (Å²) in [5, 5.41) is 4.19. The standard InChI is InChI=1S/C12H24N2OS/c1-10(2)8-13-11(16)14-7-5-6-12(3,9-14)15-4/h10H,5-9H2,1-4H3,(H,13,16). The van der Waals surface area contributed by atoms with Crippen LogP contribution in [0.5, 0.6) is 0 Å². The molecule has 1 atom stereocenters. The molecule has 1 aliphatic rings. The van der Waals surface area contributed by atoms with Gasteiger partial charge in [-0.05, 0) is 37.9 Å². The Kier molecular flexibility index (Phi) is 4.99. The fourth-order valence-electron chi connectivity index (χ4n) is 1.95. The third kappa shape index (κ3) is 3.91. The lowest BCUT2D eigenvalue weighted by atomic mass is 9.95. The summed E-state index contributed by atoms with van der Waals surface area (Å²) in [7, 11) is 1.79. The van der Waals surface area contributed by atoms with E-state index in [1.807, 2.05) is 0 Å². The van der Waals surface area contributed by atoms with E-state index in [1.54, 1.807) is 7.11 Å². The van der Waals surface area contributed by atoms with Crippen molar-refractivity contribution in [2.45, 2.75) is 39.2 Å². The zero-order valence-corrected chi connectivity index (χ0v) is 11.7. The summed E-state index contributed by atoms with van der Waals surface area (Å²) in [6.45, 7) is 9.41. The number of hydrogen-bond donors (Lipinski definition) is 1. The molecule has 1 saturated heterocycles. The summed E-state index contributed by atoms with van der Waals surface area (Å²) in [5.74, 6) is 0.622. The van der Waals surface area contributed by atoms with E-state index < -0.39 is 0 Å². The maximum atomic E-state index is 5.56. The van der Waals surface area contributed by atoms with Gasteiger partial charge in [-0.15, -0.1) is 0 Å². The Morgan fingerprint density at radius 2 is 2.25 bits per heavy atom. The van der Waals surface area contributed by atoms with Gasteiger partial charge in [-0.3, -0.25) is 0 Å². The molecule has 4 heteroatoms. The Labute approximate surface area is 105 Å². The molecule has 0 aromatic rings. The fourth-order valence-corrected chi connectivity index (χ4v) is 2.19. The smallest absolute Gasteiger partial charge is 0.169 e. The van der Waals surface area contributed by atoms with Gasteiger partial charge in [0.05, 0.1) is 5.60 Å².